The molecule has 27 heavy (non-hydrogen) atoms. The number of likely N-dealkylation sites (tertiary alicyclic amines) is 1. The lowest BCUT2D eigenvalue weighted by Crippen LogP contribution is -2.37. The van der Waals surface area contributed by atoms with Gasteiger partial charge in [0, 0.05) is 12.6 Å². The van der Waals surface area contributed by atoms with E-state index in [1.165, 1.54) is 0 Å². The molecule has 1 aliphatic heterocycles. The molecule has 0 radical (unpaired) electrons. The molecule has 2 aromatic rings. The van der Waals surface area contributed by atoms with Crippen LogP contribution in [0.2, 0.25) is 0 Å². The Labute approximate surface area is 162 Å². The molecule has 1 unspecified atom stereocenters. The molecule has 2 aromatic carbocycles. The van der Waals surface area contributed by atoms with Crippen molar-refractivity contribution in [3.63, 3.8) is 0 Å². The van der Waals surface area contributed by atoms with Gasteiger partial charge in [-0.25, -0.2) is 13.1 Å². The second-order valence-electron chi connectivity index (χ2n) is 7.16. The zero-order valence-corrected chi connectivity index (χ0v) is 17.1. The van der Waals surface area contributed by atoms with Gasteiger partial charge in [0.2, 0.25) is 10.0 Å². The highest BCUT2D eigenvalue weighted by atomic mass is 32.2. The van der Waals surface area contributed by atoms with E-state index in [0.29, 0.717) is 11.4 Å². The first-order chi connectivity index (χ1) is 12.9. The number of methoxy groups -OCH3 is 1. The van der Waals surface area contributed by atoms with Gasteiger partial charge in [-0.1, -0.05) is 24.3 Å². The van der Waals surface area contributed by atoms with E-state index in [9.17, 15) is 8.42 Å². The average Bonchev–Trinajstić information content (AvgIpc) is 3.18. The van der Waals surface area contributed by atoms with Crippen molar-refractivity contribution in [2.45, 2.75) is 37.6 Å². The molecular weight excluding hydrogens is 360 g/mol. The molecule has 0 aliphatic carbocycles. The van der Waals surface area contributed by atoms with Crippen LogP contribution in [0.25, 0.3) is 0 Å². The lowest BCUT2D eigenvalue weighted by atomic mass is 10.1. The third-order valence-electron chi connectivity index (χ3n) is 5.16. The zero-order valence-electron chi connectivity index (χ0n) is 16.2. The van der Waals surface area contributed by atoms with E-state index in [4.69, 9.17) is 4.74 Å². The molecule has 3 rings (SSSR count). The van der Waals surface area contributed by atoms with Crippen LogP contribution in [-0.2, 0) is 10.0 Å². The fourth-order valence-corrected chi connectivity index (χ4v) is 4.99. The summed E-state index contributed by atoms with van der Waals surface area (Å²) in [7, 11) is -1.92. The molecule has 0 aromatic heterocycles. The summed E-state index contributed by atoms with van der Waals surface area (Å²) in [6.07, 6.45) is 2.29. The second kappa shape index (κ2) is 8.42. The van der Waals surface area contributed by atoms with Crippen molar-refractivity contribution in [3.05, 3.63) is 59.2 Å². The molecule has 0 bridgehead atoms. The average molecular weight is 389 g/mol. The number of aryl methyl sites for hydroxylation is 2. The third kappa shape index (κ3) is 4.69. The topological polar surface area (TPSA) is 58.6 Å². The van der Waals surface area contributed by atoms with Gasteiger partial charge in [-0.2, -0.15) is 0 Å². The number of nitrogens with zero attached hydrogens (tertiary/aromatic N) is 1. The molecule has 1 aliphatic rings. The van der Waals surface area contributed by atoms with Gasteiger partial charge in [-0.15, -0.1) is 0 Å². The van der Waals surface area contributed by atoms with E-state index in [1.807, 2.05) is 50.2 Å². The van der Waals surface area contributed by atoms with E-state index in [-0.39, 0.29) is 6.04 Å². The minimum atomic E-state index is -3.57. The second-order valence-corrected chi connectivity index (χ2v) is 8.89. The summed E-state index contributed by atoms with van der Waals surface area (Å²) in [6.45, 7) is 6.03. The van der Waals surface area contributed by atoms with Gasteiger partial charge < -0.3 is 4.74 Å². The summed E-state index contributed by atoms with van der Waals surface area (Å²) in [5.41, 5.74) is 2.76. The summed E-state index contributed by atoms with van der Waals surface area (Å²) in [5, 5.41) is 0. The zero-order chi connectivity index (χ0) is 19.4. The van der Waals surface area contributed by atoms with Crippen LogP contribution in [0.1, 0.15) is 35.6 Å². The molecule has 5 nitrogen and oxygen atoms in total. The number of rotatable bonds is 7. The lowest BCUT2D eigenvalue weighted by molar-refractivity contribution is 0.246. The Kier molecular flexibility index (Phi) is 6.19. The maximum absolute atomic E-state index is 12.9. The molecule has 1 N–H and O–H groups in total. The Bertz CT molecular complexity index is 890. The highest BCUT2D eigenvalue weighted by molar-refractivity contribution is 7.89. The highest BCUT2D eigenvalue weighted by Gasteiger charge is 2.26. The van der Waals surface area contributed by atoms with E-state index in [1.54, 1.807) is 13.2 Å². The molecule has 0 spiro atoms. The molecule has 1 saturated heterocycles. The number of ether oxygens (including phenoxy) is 1. The van der Waals surface area contributed by atoms with Gasteiger partial charge in [-0.3, -0.25) is 4.90 Å². The number of benzene rings is 2. The van der Waals surface area contributed by atoms with Gasteiger partial charge in [0.15, 0.2) is 0 Å². The summed E-state index contributed by atoms with van der Waals surface area (Å²) >= 11 is 0. The fourth-order valence-electron chi connectivity index (χ4n) is 3.62. The van der Waals surface area contributed by atoms with Crippen LogP contribution in [-0.4, -0.2) is 40.1 Å². The van der Waals surface area contributed by atoms with E-state index in [2.05, 4.69) is 9.62 Å². The fraction of sp³-hybridized carbons (Fsp3) is 0.429. The molecule has 0 saturated carbocycles. The minimum absolute atomic E-state index is 0.0116. The molecule has 6 heteroatoms. The van der Waals surface area contributed by atoms with Crippen molar-refractivity contribution >= 4 is 10.0 Å². The predicted octanol–water partition coefficient (Wildman–Crippen LogP) is 3.43. The Morgan fingerprint density at radius 3 is 2.56 bits per heavy atom. The highest BCUT2D eigenvalue weighted by Crippen LogP contribution is 2.28. The summed E-state index contributed by atoms with van der Waals surface area (Å²) in [6, 6.07) is 13.4. The van der Waals surface area contributed by atoms with Gasteiger partial charge >= 0.3 is 0 Å². The largest absolute Gasteiger partial charge is 0.497 e. The standard InChI is InChI=1S/C21H28N2O3S/c1-16-9-10-17(2)21(13-16)27(24,25)22-15-20(23-11-4-5-12-23)18-7-6-8-19(14-18)26-3/h6-10,13-14,20,22H,4-5,11-12,15H2,1-3H3. The minimum Gasteiger partial charge on any atom is -0.497 e. The number of hydrogen-bond acceptors (Lipinski definition) is 4. The van der Waals surface area contributed by atoms with Crippen LogP contribution in [0.4, 0.5) is 0 Å². The van der Waals surface area contributed by atoms with Crippen LogP contribution >= 0.6 is 0 Å². The van der Waals surface area contributed by atoms with Crippen molar-refractivity contribution in [1.82, 2.24) is 9.62 Å². The summed E-state index contributed by atoms with van der Waals surface area (Å²) in [4.78, 5) is 2.70. The van der Waals surface area contributed by atoms with Crippen LogP contribution in [0.3, 0.4) is 0 Å². The van der Waals surface area contributed by atoms with Crippen LogP contribution in [0.5, 0.6) is 5.75 Å². The van der Waals surface area contributed by atoms with Crippen molar-refractivity contribution < 1.29 is 13.2 Å². The van der Waals surface area contributed by atoms with Gasteiger partial charge in [0.1, 0.15) is 5.75 Å². The SMILES string of the molecule is COc1cccc(C(CNS(=O)(=O)c2cc(C)ccc2C)N2CCCC2)c1. The summed E-state index contributed by atoms with van der Waals surface area (Å²) < 4.78 is 34.0. The first-order valence-corrected chi connectivity index (χ1v) is 10.8. The van der Waals surface area contributed by atoms with Crippen molar-refractivity contribution in [3.8, 4) is 5.75 Å². The maximum atomic E-state index is 12.9. The molecule has 146 valence electrons. The first-order valence-electron chi connectivity index (χ1n) is 9.35. The van der Waals surface area contributed by atoms with E-state index in [0.717, 1.165) is 48.4 Å². The molecule has 1 fully saturated rings. The van der Waals surface area contributed by atoms with Crippen molar-refractivity contribution in [2.75, 3.05) is 26.7 Å². The molecule has 1 atom stereocenters. The third-order valence-corrected chi connectivity index (χ3v) is 6.73. The van der Waals surface area contributed by atoms with E-state index < -0.39 is 10.0 Å². The predicted molar refractivity (Wildman–Crippen MR) is 108 cm³/mol. The Morgan fingerprint density at radius 2 is 1.85 bits per heavy atom. The van der Waals surface area contributed by atoms with Crippen LogP contribution < -0.4 is 9.46 Å². The van der Waals surface area contributed by atoms with Gasteiger partial charge in [0.05, 0.1) is 12.0 Å². The van der Waals surface area contributed by atoms with Crippen molar-refractivity contribution in [2.24, 2.45) is 0 Å². The Balaban J connectivity index is 1.85. The van der Waals surface area contributed by atoms with Gasteiger partial charge in [0.25, 0.3) is 0 Å². The molecular formula is C21H28N2O3S. The van der Waals surface area contributed by atoms with Crippen molar-refractivity contribution in [1.29, 1.82) is 0 Å². The van der Waals surface area contributed by atoms with E-state index >= 15 is 0 Å². The number of sulfonamides is 1. The van der Waals surface area contributed by atoms with Crippen LogP contribution in [0, 0.1) is 13.8 Å². The monoisotopic (exact) mass is 388 g/mol. The summed E-state index contributed by atoms with van der Waals surface area (Å²) in [5.74, 6) is 0.786. The maximum Gasteiger partial charge on any atom is 0.240 e. The number of nitrogens with one attached hydrogen (secondary N) is 1. The van der Waals surface area contributed by atoms with Crippen LogP contribution in [0.15, 0.2) is 47.4 Å². The lowest BCUT2D eigenvalue weighted by Gasteiger charge is -2.28. The first kappa shape index (κ1) is 19.9. The molecule has 1 heterocycles. The Morgan fingerprint density at radius 1 is 1.11 bits per heavy atom. The normalized spacial score (nSPS) is 16.4. The molecule has 0 amide bonds. The smallest absolute Gasteiger partial charge is 0.240 e. The Hall–Kier alpha value is -1.89. The quantitative estimate of drug-likeness (QED) is 0.790. The van der Waals surface area contributed by atoms with Gasteiger partial charge in [-0.05, 0) is 74.7 Å². The number of hydrogen-bond donors (Lipinski definition) is 1.